The van der Waals surface area contributed by atoms with Crippen LogP contribution in [0, 0.1) is 0 Å². The Balaban J connectivity index is 4.15. The van der Waals surface area contributed by atoms with Gasteiger partial charge in [0.2, 0.25) is 0 Å². The van der Waals surface area contributed by atoms with Crippen molar-refractivity contribution in [1.29, 1.82) is 0 Å². The predicted molar refractivity (Wildman–Crippen MR) is 58.4 cm³/mol. The van der Waals surface area contributed by atoms with Gasteiger partial charge in [0.15, 0.2) is 9.84 Å². The number of esters is 1. The van der Waals surface area contributed by atoms with Crippen molar-refractivity contribution >= 4 is 15.8 Å². The number of sulfone groups is 1. The van der Waals surface area contributed by atoms with Gasteiger partial charge in [0.25, 0.3) is 0 Å². The molecule has 1 N–H and O–H groups in total. The molecule has 0 bridgehead atoms. The van der Waals surface area contributed by atoms with Gasteiger partial charge in [-0.05, 0) is 13.8 Å². The summed E-state index contributed by atoms with van der Waals surface area (Å²) in [6.45, 7) is 4.97. The molecule has 0 aromatic carbocycles. The lowest BCUT2D eigenvalue weighted by Gasteiger charge is -2.17. The Hall–Kier alpha value is -0.620. The van der Waals surface area contributed by atoms with Gasteiger partial charge >= 0.3 is 5.97 Å². The van der Waals surface area contributed by atoms with Crippen LogP contribution in [0.3, 0.4) is 0 Å². The average molecular weight is 237 g/mol. The summed E-state index contributed by atoms with van der Waals surface area (Å²) >= 11 is 0. The summed E-state index contributed by atoms with van der Waals surface area (Å²) in [5.41, 5.74) is 0. The van der Waals surface area contributed by atoms with E-state index in [0.29, 0.717) is 0 Å². The van der Waals surface area contributed by atoms with E-state index in [1.54, 1.807) is 20.8 Å². The van der Waals surface area contributed by atoms with E-state index < -0.39 is 21.8 Å². The highest BCUT2D eigenvalue weighted by molar-refractivity contribution is 7.91. The minimum absolute atomic E-state index is 0.0326. The zero-order valence-corrected chi connectivity index (χ0v) is 10.4. The van der Waals surface area contributed by atoms with Gasteiger partial charge in [-0.15, -0.1) is 0 Å². The molecule has 0 aromatic rings. The van der Waals surface area contributed by atoms with Crippen molar-refractivity contribution in [2.45, 2.75) is 32.9 Å². The van der Waals surface area contributed by atoms with E-state index in [2.05, 4.69) is 10.1 Å². The van der Waals surface area contributed by atoms with Gasteiger partial charge in [-0.2, -0.15) is 0 Å². The summed E-state index contributed by atoms with van der Waals surface area (Å²) in [5.74, 6) is -0.244. The molecule has 1 unspecified atom stereocenters. The van der Waals surface area contributed by atoms with Gasteiger partial charge in [-0.25, -0.2) is 8.42 Å². The van der Waals surface area contributed by atoms with Gasteiger partial charge in [-0.3, -0.25) is 4.79 Å². The third-order valence-electron chi connectivity index (χ3n) is 2.03. The van der Waals surface area contributed by atoms with Crippen LogP contribution in [-0.4, -0.2) is 45.1 Å². The highest BCUT2D eigenvalue weighted by Gasteiger charge is 2.19. The first kappa shape index (κ1) is 14.4. The van der Waals surface area contributed by atoms with Crippen LogP contribution in [-0.2, 0) is 19.4 Å². The summed E-state index contributed by atoms with van der Waals surface area (Å²) in [6, 6.07) is -0.749. The third-order valence-corrected chi connectivity index (χ3v) is 3.92. The van der Waals surface area contributed by atoms with E-state index in [-0.39, 0.29) is 17.5 Å². The van der Waals surface area contributed by atoms with E-state index >= 15 is 0 Å². The monoisotopic (exact) mass is 237 g/mol. The van der Waals surface area contributed by atoms with E-state index in [9.17, 15) is 13.2 Å². The van der Waals surface area contributed by atoms with Crippen LogP contribution in [0.15, 0.2) is 0 Å². The second-order valence-electron chi connectivity index (χ2n) is 3.51. The van der Waals surface area contributed by atoms with Gasteiger partial charge in [-0.1, -0.05) is 6.92 Å². The number of hydrogen-bond donors (Lipinski definition) is 1. The fourth-order valence-corrected chi connectivity index (χ4v) is 2.31. The third kappa shape index (κ3) is 5.74. The van der Waals surface area contributed by atoms with Crippen molar-refractivity contribution in [2.24, 2.45) is 0 Å². The maximum atomic E-state index is 11.3. The van der Waals surface area contributed by atoms with Crippen molar-refractivity contribution < 1.29 is 17.9 Å². The van der Waals surface area contributed by atoms with Crippen LogP contribution in [0.5, 0.6) is 0 Å². The smallest absolute Gasteiger partial charge is 0.322 e. The maximum Gasteiger partial charge on any atom is 0.322 e. The summed E-state index contributed by atoms with van der Waals surface area (Å²) in [4.78, 5) is 11.0. The molecule has 0 fully saturated rings. The molecule has 0 heterocycles. The Morgan fingerprint density at radius 1 is 1.40 bits per heavy atom. The van der Waals surface area contributed by atoms with Crippen molar-refractivity contribution in [3.63, 3.8) is 0 Å². The largest absolute Gasteiger partial charge is 0.468 e. The summed E-state index contributed by atoms with van der Waals surface area (Å²) in [6.07, 6.45) is 0. The van der Waals surface area contributed by atoms with Gasteiger partial charge < -0.3 is 10.1 Å². The van der Waals surface area contributed by atoms with E-state index in [0.717, 1.165) is 0 Å². The fourth-order valence-electron chi connectivity index (χ4n) is 1.22. The highest BCUT2D eigenvalue weighted by Crippen LogP contribution is 1.97. The molecule has 0 aliphatic heterocycles. The summed E-state index contributed by atoms with van der Waals surface area (Å²) in [5, 5.41) is 2.87. The van der Waals surface area contributed by atoms with Crippen molar-refractivity contribution in [3.8, 4) is 0 Å². The molecule has 5 nitrogen and oxygen atoms in total. The van der Waals surface area contributed by atoms with Crippen molar-refractivity contribution in [3.05, 3.63) is 0 Å². The molecule has 0 radical (unpaired) electrons. The van der Waals surface area contributed by atoms with Gasteiger partial charge in [0.05, 0.1) is 12.9 Å². The minimum Gasteiger partial charge on any atom is -0.468 e. The molecule has 0 amide bonds. The minimum atomic E-state index is -3.01. The molecule has 0 saturated carbocycles. The molecule has 2 atom stereocenters. The Morgan fingerprint density at radius 2 is 1.93 bits per heavy atom. The zero-order chi connectivity index (χ0) is 12.1. The van der Waals surface area contributed by atoms with Gasteiger partial charge in [0, 0.05) is 11.8 Å². The molecule has 0 saturated heterocycles. The van der Waals surface area contributed by atoms with Crippen LogP contribution in [0.2, 0.25) is 0 Å². The molecule has 90 valence electrons. The predicted octanol–water partition coefficient (Wildman–Crippen LogP) is -0.0393. The van der Waals surface area contributed by atoms with Crippen LogP contribution < -0.4 is 5.32 Å². The highest BCUT2D eigenvalue weighted by atomic mass is 32.2. The first-order valence-electron chi connectivity index (χ1n) is 4.86. The lowest BCUT2D eigenvalue weighted by molar-refractivity contribution is -0.142. The SMILES string of the molecule is CCS(=O)(=O)CC(C)N[C@@H](C)C(=O)OC. The van der Waals surface area contributed by atoms with Crippen LogP contribution in [0.1, 0.15) is 20.8 Å². The number of carbonyl (C=O) groups excluding carboxylic acids is 1. The Bertz CT molecular complexity index is 299. The van der Waals surface area contributed by atoms with Crippen LogP contribution in [0.25, 0.3) is 0 Å². The lowest BCUT2D eigenvalue weighted by atomic mass is 10.3. The molecule has 0 aromatic heterocycles. The zero-order valence-electron chi connectivity index (χ0n) is 9.61. The molecule has 0 spiro atoms. The summed E-state index contributed by atoms with van der Waals surface area (Å²) in [7, 11) is -1.71. The van der Waals surface area contributed by atoms with Crippen molar-refractivity contribution in [1.82, 2.24) is 5.32 Å². The molecule has 0 aliphatic carbocycles. The topological polar surface area (TPSA) is 72.5 Å². The normalized spacial score (nSPS) is 15.7. The fraction of sp³-hybridized carbons (Fsp3) is 0.889. The second-order valence-corrected chi connectivity index (χ2v) is 5.91. The molecular formula is C9H19NO4S. The molecule has 0 aliphatic rings. The Morgan fingerprint density at radius 3 is 2.33 bits per heavy atom. The molecular weight excluding hydrogens is 218 g/mol. The first-order valence-corrected chi connectivity index (χ1v) is 6.68. The van der Waals surface area contributed by atoms with Crippen LogP contribution >= 0.6 is 0 Å². The number of nitrogens with one attached hydrogen (secondary N) is 1. The molecule has 0 rings (SSSR count). The molecule has 6 heteroatoms. The lowest BCUT2D eigenvalue weighted by Crippen LogP contribution is -2.43. The number of hydrogen-bond acceptors (Lipinski definition) is 5. The molecule has 15 heavy (non-hydrogen) atoms. The van der Waals surface area contributed by atoms with Crippen molar-refractivity contribution in [2.75, 3.05) is 18.6 Å². The quantitative estimate of drug-likeness (QED) is 0.656. The number of ether oxygens (including phenoxy) is 1. The first-order chi connectivity index (χ1) is 6.82. The standard InChI is InChI=1S/C9H19NO4S/c1-5-15(12,13)6-7(2)10-8(3)9(11)14-4/h7-8,10H,5-6H2,1-4H3/t7?,8-/m0/s1. The van der Waals surface area contributed by atoms with Gasteiger partial charge in [0.1, 0.15) is 6.04 Å². The second kappa shape index (κ2) is 6.07. The van der Waals surface area contributed by atoms with E-state index in [4.69, 9.17) is 0 Å². The average Bonchev–Trinajstić information content (AvgIpc) is 2.15. The number of methoxy groups -OCH3 is 1. The maximum absolute atomic E-state index is 11.3. The van der Waals surface area contributed by atoms with E-state index in [1.165, 1.54) is 7.11 Å². The summed E-state index contributed by atoms with van der Waals surface area (Å²) < 4.78 is 27.1. The Labute approximate surface area is 91.1 Å². The number of carbonyl (C=O) groups is 1. The Kier molecular flexibility index (Phi) is 5.82. The number of rotatable bonds is 6. The van der Waals surface area contributed by atoms with E-state index in [1.807, 2.05) is 0 Å². The van der Waals surface area contributed by atoms with Crippen LogP contribution in [0.4, 0.5) is 0 Å².